The fraction of sp³-hybridized carbons (Fsp3) is 0.538. The van der Waals surface area contributed by atoms with Crippen molar-refractivity contribution >= 4 is 0 Å². The molecule has 1 aliphatic rings. The first kappa shape index (κ1) is 14.1. The average Bonchev–Trinajstić information content (AvgIpc) is 2.92. The Bertz CT molecular complexity index is 637. The first-order valence-electron chi connectivity index (χ1n) is 6.61. The van der Waals surface area contributed by atoms with E-state index in [0.717, 1.165) is 6.07 Å². The van der Waals surface area contributed by atoms with Crippen molar-refractivity contribution in [2.75, 3.05) is 0 Å². The number of aryl methyl sites for hydroxylation is 1. The number of alkyl halides is 4. The van der Waals surface area contributed by atoms with E-state index in [1.165, 1.54) is 17.9 Å². The molecule has 2 aromatic rings. The van der Waals surface area contributed by atoms with E-state index in [-0.39, 0.29) is 5.92 Å². The zero-order valence-electron chi connectivity index (χ0n) is 11.3. The lowest BCUT2D eigenvalue weighted by Gasteiger charge is -2.29. The average molecular weight is 302 g/mol. The number of halogens is 4. The quantitative estimate of drug-likeness (QED) is 0.817. The summed E-state index contributed by atoms with van der Waals surface area (Å²) in [7, 11) is 1.46. The molecular formula is C13H14F4N4. The highest BCUT2D eigenvalue weighted by atomic mass is 19.4. The minimum atomic E-state index is -4.46. The molecule has 2 aromatic heterocycles. The first-order chi connectivity index (χ1) is 9.83. The Labute approximate surface area is 118 Å². The number of nitrogens with zero attached hydrogens (tertiary/aromatic N) is 4. The Balaban J connectivity index is 1.78. The molecule has 1 saturated carbocycles. The fourth-order valence-electron chi connectivity index (χ4n) is 2.54. The van der Waals surface area contributed by atoms with Crippen LogP contribution in [0.25, 0.3) is 11.3 Å². The smallest absolute Gasteiger partial charge is 0.272 e. The fourth-order valence-corrected chi connectivity index (χ4v) is 2.54. The van der Waals surface area contributed by atoms with E-state index in [1.807, 2.05) is 0 Å². The summed E-state index contributed by atoms with van der Waals surface area (Å²) < 4.78 is 53.5. The van der Waals surface area contributed by atoms with Crippen LogP contribution in [-0.4, -0.2) is 25.7 Å². The SMILES string of the molecule is Cn1nc(C(F)(F)F)cc1-c1cnn(CC2CC(F)C2)c1. The Kier molecular flexibility index (Phi) is 3.26. The normalized spacial score (nSPS) is 22.3. The molecule has 0 aliphatic heterocycles. The highest BCUT2D eigenvalue weighted by Crippen LogP contribution is 2.33. The largest absolute Gasteiger partial charge is 0.435 e. The van der Waals surface area contributed by atoms with Gasteiger partial charge in [-0.1, -0.05) is 0 Å². The molecule has 114 valence electrons. The Morgan fingerprint density at radius 1 is 1.33 bits per heavy atom. The monoisotopic (exact) mass is 302 g/mol. The molecule has 2 heterocycles. The summed E-state index contributed by atoms with van der Waals surface area (Å²) in [6.07, 6.45) is -0.964. The molecule has 0 bridgehead atoms. The minimum absolute atomic E-state index is 0.255. The summed E-state index contributed by atoms with van der Waals surface area (Å²) in [6.45, 7) is 0.588. The number of hydrogen-bond acceptors (Lipinski definition) is 2. The number of hydrogen-bond donors (Lipinski definition) is 0. The van der Waals surface area contributed by atoms with Crippen LogP contribution in [0.2, 0.25) is 0 Å². The summed E-state index contributed by atoms with van der Waals surface area (Å²) in [6, 6.07) is 1.00. The van der Waals surface area contributed by atoms with Crippen LogP contribution in [0.15, 0.2) is 18.5 Å². The summed E-state index contributed by atoms with van der Waals surface area (Å²) in [5.74, 6) is 0.255. The number of aromatic nitrogens is 4. The van der Waals surface area contributed by atoms with Crippen molar-refractivity contribution in [3.05, 3.63) is 24.2 Å². The first-order valence-corrected chi connectivity index (χ1v) is 6.61. The van der Waals surface area contributed by atoms with Gasteiger partial charge in [-0.05, 0) is 24.8 Å². The van der Waals surface area contributed by atoms with Crippen LogP contribution in [0.3, 0.4) is 0 Å². The summed E-state index contributed by atoms with van der Waals surface area (Å²) >= 11 is 0. The molecule has 0 amide bonds. The lowest BCUT2D eigenvalue weighted by atomic mass is 9.83. The Morgan fingerprint density at radius 2 is 2.05 bits per heavy atom. The van der Waals surface area contributed by atoms with Crippen molar-refractivity contribution in [1.29, 1.82) is 0 Å². The van der Waals surface area contributed by atoms with Gasteiger partial charge in [0.1, 0.15) is 6.17 Å². The summed E-state index contributed by atoms with van der Waals surface area (Å²) in [5.41, 5.74) is -0.00538. The topological polar surface area (TPSA) is 35.6 Å². The van der Waals surface area contributed by atoms with Crippen LogP contribution >= 0.6 is 0 Å². The van der Waals surface area contributed by atoms with Gasteiger partial charge in [-0.25, -0.2) is 4.39 Å². The van der Waals surface area contributed by atoms with Crippen LogP contribution in [0.5, 0.6) is 0 Å². The van der Waals surface area contributed by atoms with Crippen LogP contribution < -0.4 is 0 Å². The molecule has 4 nitrogen and oxygen atoms in total. The van der Waals surface area contributed by atoms with E-state index in [4.69, 9.17) is 0 Å². The van der Waals surface area contributed by atoms with E-state index in [1.54, 1.807) is 10.9 Å². The highest BCUT2D eigenvalue weighted by Gasteiger charge is 2.35. The Morgan fingerprint density at radius 3 is 2.62 bits per heavy atom. The summed E-state index contributed by atoms with van der Waals surface area (Å²) in [5, 5.41) is 7.59. The maximum absolute atomic E-state index is 12.8. The van der Waals surface area contributed by atoms with Gasteiger partial charge in [0.15, 0.2) is 5.69 Å². The van der Waals surface area contributed by atoms with Crippen LogP contribution in [-0.2, 0) is 19.8 Å². The molecular weight excluding hydrogens is 288 g/mol. The van der Waals surface area contributed by atoms with E-state index in [0.29, 0.717) is 30.6 Å². The van der Waals surface area contributed by atoms with E-state index >= 15 is 0 Å². The molecule has 1 fully saturated rings. The second-order valence-electron chi connectivity index (χ2n) is 5.42. The second-order valence-corrected chi connectivity index (χ2v) is 5.42. The molecule has 0 aromatic carbocycles. The second kappa shape index (κ2) is 4.85. The van der Waals surface area contributed by atoms with Crippen molar-refractivity contribution in [2.45, 2.75) is 31.7 Å². The standard InChI is InChI=1S/C13H14F4N4/c1-20-11(4-12(19-20)13(15,16)17)9-5-18-21(7-9)6-8-2-10(14)3-8/h4-5,7-8,10H,2-3,6H2,1H3. The van der Waals surface area contributed by atoms with Crippen molar-refractivity contribution in [2.24, 2.45) is 13.0 Å². The van der Waals surface area contributed by atoms with Crippen molar-refractivity contribution in [3.8, 4) is 11.3 Å². The predicted molar refractivity (Wildman–Crippen MR) is 67.1 cm³/mol. The van der Waals surface area contributed by atoms with Gasteiger partial charge >= 0.3 is 6.18 Å². The van der Waals surface area contributed by atoms with Crippen LogP contribution in [0, 0.1) is 5.92 Å². The van der Waals surface area contributed by atoms with Gasteiger partial charge in [-0.15, -0.1) is 0 Å². The Hall–Kier alpha value is -1.86. The van der Waals surface area contributed by atoms with Gasteiger partial charge < -0.3 is 0 Å². The lowest BCUT2D eigenvalue weighted by molar-refractivity contribution is -0.141. The van der Waals surface area contributed by atoms with Crippen LogP contribution in [0.1, 0.15) is 18.5 Å². The molecule has 8 heteroatoms. The maximum atomic E-state index is 12.8. The molecule has 0 unspecified atom stereocenters. The molecule has 0 saturated heterocycles. The van der Waals surface area contributed by atoms with Crippen LogP contribution in [0.4, 0.5) is 17.6 Å². The molecule has 0 spiro atoms. The summed E-state index contributed by atoms with van der Waals surface area (Å²) in [4.78, 5) is 0. The number of rotatable bonds is 3. The van der Waals surface area contributed by atoms with Gasteiger partial charge in [-0.2, -0.15) is 23.4 Å². The molecule has 0 N–H and O–H groups in total. The van der Waals surface area contributed by atoms with Gasteiger partial charge in [0.2, 0.25) is 0 Å². The van der Waals surface area contributed by atoms with Gasteiger partial charge in [-0.3, -0.25) is 9.36 Å². The van der Waals surface area contributed by atoms with Gasteiger partial charge in [0, 0.05) is 25.4 Å². The third-order valence-corrected chi connectivity index (χ3v) is 3.72. The zero-order chi connectivity index (χ0) is 15.2. The maximum Gasteiger partial charge on any atom is 0.435 e. The van der Waals surface area contributed by atoms with Crippen molar-refractivity contribution in [3.63, 3.8) is 0 Å². The minimum Gasteiger partial charge on any atom is -0.272 e. The van der Waals surface area contributed by atoms with Crippen molar-refractivity contribution in [1.82, 2.24) is 19.6 Å². The third kappa shape index (κ3) is 2.79. The van der Waals surface area contributed by atoms with E-state index in [2.05, 4.69) is 10.2 Å². The van der Waals surface area contributed by atoms with Gasteiger partial charge in [0.25, 0.3) is 0 Å². The predicted octanol–water partition coefficient (Wildman–Crippen LogP) is 3.05. The van der Waals surface area contributed by atoms with E-state index in [9.17, 15) is 17.6 Å². The van der Waals surface area contributed by atoms with E-state index < -0.39 is 18.0 Å². The lowest BCUT2D eigenvalue weighted by Crippen LogP contribution is -2.28. The molecule has 3 rings (SSSR count). The highest BCUT2D eigenvalue weighted by molar-refractivity contribution is 5.58. The molecule has 0 radical (unpaired) electrons. The molecule has 0 atom stereocenters. The zero-order valence-corrected chi connectivity index (χ0v) is 11.3. The van der Waals surface area contributed by atoms with Crippen molar-refractivity contribution < 1.29 is 17.6 Å². The molecule has 21 heavy (non-hydrogen) atoms. The third-order valence-electron chi connectivity index (χ3n) is 3.72. The van der Waals surface area contributed by atoms with Gasteiger partial charge in [0.05, 0.1) is 11.9 Å². The molecule has 1 aliphatic carbocycles.